The molecule has 0 amide bonds. The molecule has 1 aliphatic rings. The van der Waals surface area contributed by atoms with E-state index in [0.29, 0.717) is 5.82 Å². The van der Waals surface area contributed by atoms with Crippen LogP contribution in [0.2, 0.25) is 0 Å². The van der Waals surface area contributed by atoms with Crippen molar-refractivity contribution in [2.24, 2.45) is 0 Å². The van der Waals surface area contributed by atoms with Crippen molar-refractivity contribution in [3.8, 4) is 33.9 Å². The van der Waals surface area contributed by atoms with Gasteiger partial charge in [0, 0.05) is 16.5 Å². The van der Waals surface area contributed by atoms with Gasteiger partial charge in [-0.3, -0.25) is 0 Å². The normalized spacial score (nSPS) is 13.8. The molecule has 1 aromatic heterocycles. The van der Waals surface area contributed by atoms with Gasteiger partial charge in [0.2, 0.25) is 0 Å². The summed E-state index contributed by atoms with van der Waals surface area (Å²) < 4.78 is 0. The number of benzene rings is 3. The van der Waals surface area contributed by atoms with E-state index in [1.807, 2.05) is 37.3 Å². The lowest BCUT2D eigenvalue weighted by molar-refractivity contribution is 0.661. The van der Waals surface area contributed by atoms with Crippen molar-refractivity contribution in [2.45, 2.75) is 26.2 Å². The summed E-state index contributed by atoms with van der Waals surface area (Å²) in [5, 5.41) is 0. The van der Waals surface area contributed by atoms with Gasteiger partial charge in [0.15, 0.2) is 11.6 Å². The molecule has 0 unspecified atom stereocenters. The fourth-order valence-electron chi connectivity index (χ4n) is 4.35. The zero-order valence-corrected chi connectivity index (χ0v) is 16.3. The molecule has 0 aliphatic heterocycles. The van der Waals surface area contributed by atoms with Crippen LogP contribution in [0.25, 0.3) is 33.9 Å². The fraction of sp³-hybridized carbons (Fsp3) is 0.160. The first kappa shape index (κ1) is 16.8. The molecule has 0 N–H and O–H groups in total. The average Bonchev–Trinajstić information content (AvgIpc) is 2.96. The second-order valence-corrected chi connectivity index (χ2v) is 7.79. The molecule has 0 atom stereocenters. The van der Waals surface area contributed by atoms with Crippen LogP contribution in [0.4, 0.5) is 0 Å². The quantitative estimate of drug-likeness (QED) is 0.450. The van der Waals surface area contributed by atoms with Crippen LogP contribution in [0.1, 0.15) is 30.8 Å². The minimum absolute atomic E-state index is 0.101. The van der Waals surface area contributed by atoms with E-state index >= 15 is 0 Å². The molecule has 0 saturated heterocycles. The first-order chi connectivity index (χ1) is 13.6. The van der Waals surface area contributed by atoms with Crippen molar-refractivity contribution < 1.29 is 0 Å². The first-order valence-electron chi connectivity index (χ1n) is 9.57. The van der Waals surface area contributed by atoms with Crippen LogP contribution >= 0.6 is 0 Å². The monoisotopic (exact) mass is 363 g/mol. The number of aromatic nitrogens is 3. The summed E-state index contributed by atoms with van der Waals surface area (Å²) in [5.41, 5.74) is 7.21. The van der Waals surface area contributed by atoms with E-state index in [4.69, 9.17) is 9.97 Å². The molecular weight excluding hydrogens is 342 g/mol. The highest BCUT2D eigenvalue weighted by Crippen LogP contribution is 2.51. The van der Waals surface area contributed by atoms with E-state index in [1.54, 1.807) is 0 Å². The lowest BCUT2D eigenvalue weighted by atomic mass is 9.80. The predicted molar refractivity (Wildman–Crippen MR) is 113 cm³/mol. The zero-order chi connectivity index (χ0) is 19.3. The molecule has 3 nitrogen and oxygen atoms in total. The number of rotatable bonds is 2. The molecule has 0 bridgehead atoms. The highest BCUT2D eigenvalue weighted by atomic mass is 15.0. The Balaban J connectivity index is 1.75. The maximum absolute atomic E-state index is 4.86. The summed E-state index contributed by atoms with van der Waals surface area (Å²) in [6.45, 7) is 6.50. The van der Waals surface area contributed by atoms with Crippen LogP contribution in [0.3, 0.4) is 0 Å². The van der Waals surface area contributed by atoms with Crippen LogP contribution in [-0.2, 0) is 5.41 Å². The Bertz CT molecular complexity index is 1190. The second-order valence-electron chi connectivity index (χ2n) is 7.79. The van der Waals surface area contributed by atoms with Gasteiger partial charge in [0.25, 0.3) is 0 Å². The van der Waals surface area contributed by atoms with E-state index in [0.717, 1.165) is 22.8 Å². The van der Waals surface area contributed by atoms with Crippen LogP contribution in [0.5, 0.6) is 0 Å². The highest BCUT2D eigenvalue weighted by Gasteiger charge is 2.37. The van der Waals surface area contributed by atoms with Gasteiger partial charge in [-0.1, -0.05) is 86.6 Å². The molecule has 0 fully saturated rings. The lowest BCUT2D eigenvalue weighted by Gasteiger charge is -2.24. The fourth-order valence-corrected chi connectivity index (χ4v) is 4.35. The summed E-state index contributed by atoms with van der Waals surface area (Å²) in [4.78, 5) is 14.1. The van der Waals surface area contributed by atoms with Crippen LogP contribution < -0.4 is 0 Å². The maximum atomic E-state index is 4.86. The van der Waals surface area contributed by atoms with Crippen molar-refractivity contribution in [3.63, 3.8) is 0 Å². The Hall–Kier alpha value is -3.33. The van der Waals surface area contributed by atoms with Gasteiger partial charge < -0.3 is 0 Å². The third kappa shape index (κ3) is 2.47. The smallest absolute Gasteiger partial charge is 0.164 e. The van der Waals surface area contributed by atoms with Gasteiger partial charge in [0.1, 0.15) is 5.82 Å². The topological polar surface area (TPSA) is 38.7 Å². The van der Waals surface area contributed by atoms with E-state index in [1.165, 1.54) is 22.3 Å². The van der Waals surface area contributed by atoms with Crippen LogP contribution in [-0.4, -0.2) is 15.0 Å². The van der Waals surface area contributed by atoms with Crippen molar-refractivity contribution in [2.75, 3.05) is 0 Å². The molecule has 136 valence electrons. The summed E-state index contributed by atoms with van der Waals surface area (Å²) in [7, 11) is 0. The molecule has 5 rings (SSSR count). The minimum atomic E-state index is -0.101. The van der Waals surface area contributed by atoms with Gasteiger partial charge in [-0.15, -0.1) is 0 Å². The molecular formula is C25H21N3. The molecule has 0 spiro atoms. The molecule has 0 radical (unpaired) electrons. The summed E-state index contributed by atoms with van der Waals surface area (Å²) in [6, 6.07) is 25.2. The molecule has 3 aromatic carbocycles. The molecule has 1 heterocycles. The Morgan fingerprint density at radius 1 is 0.607 bits per heavy atom. The van der Waals surface area contributed by atoms with Crippen molar-refractivity contribution >= 4 is 0 Å². The summed E-state index contributed by atoms with van der Waals surface area (Å²) >= 11 is 0. The largest absolute Gasteiger partial charge is 0.213 e. The number of nitrogens with zero attached hydrogens (tertiary/aromatic N) is 3. The summed E-state index contributed by atoms with van der Waals surface area (Å²) in [5.74, 6) is 2.19. The van der Waals surface area contributed by atoms with Crippen LogP contribution in [0, 0.1) is 6.92 Å². The Labute approximate surface area is 165 Å². The average molecular weight is 363 g/mol. The van der Waals surface area contributed by atoms with E-state index < -0.39 is 0 Å². The number of hydrogen-bond acceptors (Lipinski definition) is 3. The Kier molecular flexibility index (Phi) is 3.66. The van der Waals surface area contributed by atoms with Crippen LogP contribution in [0.15, 0.2) is 72.8 Å². The van der Waals surface area contributed by atoms with Crippen molar-refractivity contribution in [1.29, 1.82) is 0 Å². The number of fused-ring (bicyclic) bond motifs is 3. The molecule has 3 heteroatoms. The molecule has 28 heavy (non-hydrogen) atoms. The zero-order valence-electron chi connectivity index (χ0n) is 16.3. The van der Waals surface area contributed by atoms with Gasteiger partial charge in [-0.25, -0.2) is 15.0 Å². The van der Waals surface area contributed by atoms with Gasteiger partial charge >= 0.3 is 0 Å². The lowest BCUT2D eigenvalue weighted by Crippen LogP contribution is -2.17. The summed E-state index contributed by atoms with van der Waals surface area (Å²) in [6.07, 6.45) is 0. The molecule has 1 aliphatic carbocycles. The SMILES string of the molecule is Cc1nc(-c2ccccc2)nc(-c2cccc3c2C(C)(C)c2ccccc2-3)n1. The standard InChI is InChI=1S/C25H21N3/c1-16-26-23(17-10-5-4-6-11-17)28-24(27-16)20-14-9-13-19-18-12-7-8-15-21(18)25(2,3)22(19)20/h4-15H,1-3H3. The number of aryl methyl sites for hydroxylation is 1. The Morgan fingerprint density at radius 2 is 1.25 bits per heavy atom. The first-order valence-corrected chi connectivity index (χ1v) is 9.57. The molecule has 4 aromatic rings. The van der Waals surface area contributed by atoms with E-state index in [2.05, 4.69) is 61.3 Å². The Morgan fingerprint density at radius 3 is 2.07 bits per heavy atom. The van der Waals surface area contributed by atoms with E-state index in [-0.39, 0.29) is 5.41 Å². The maximum Gasteiger partial charge on any atom is 0.164 e. The van der Waals surface area contributed by atoms with Crippen molar-refractivity contribution in [3.05, 3.63) is 89.7 Å². The predicted octanol–water partition coefficient (Wildman–Crippen LogP) is 5.82. The van der Waals surface area contributed by atoms with E-state index in [9.17, 15) is 0 Å². The highest BCUT2D eigenvalue weighted by molar-refractivity contribution is 5.86. The van der Waals surface area contributed by atoms with Gasteiger partial charge in [-0.2, -0.15) is 0 Å². The third-order valence-corrected chi connectivity index (χ3v) is 5.60. The molecule has 0 saturated carbocycles. The third-order valence-electron chi connectivity index (χ3n) is 5.60. The van der Waals surface area contributed by atoms with Gasteiger partial charge in [0.05, 0.1) is 0 Å². The van der Waals surface area contributed by atoms with Gasteiger partial charge in [-0.05, 0) is 29.2 Å². The van der Waals surface area contributed by atoms with Crippen molar-refractivity contribution in [1.82, 2.24) is 15.0 Å². The number of hydrogen-bond donors (Lipinski definition) is 0. The second kappa shape index (κ2) is 6.10. The minimum Gasteiger partial charge on any atom is -0.213 e.